The van der Waals surface area contributed by atoms with E-state index in [9.17, 15) is 9.59 Å². The molecule has 1 saturated heterocycles. The van der Waals surface area contributed by atoms with Gasteiger partial charge in [0, 0.05) is 36.3 Å². The first-order valence-electron chi connectivity index (χ1n) is 9.29. The van der Waals surface area contributed by atoms with Gasteiger partial charge in [0.1, 0.15) is 6.33 Å². The van der Waals surface area contributed by atoms with E-state index in [4.69, 9.17) is 0 Å². The third-order valence-electron chi connectivity index (χ3n) is 4.84. The van der Waals surface area contributed by atoms with Gasteiger partial charge in [-0.2, -0.15) is 0 Å². The summed E-state index contributed by atoms with van der Waals surface area (Å²) in [5, 5.41) is 11.6. The van der Waals surface area contributed by atoms with Crippen LogP contribution in [0.3, 0.4) is 0 Å². The maximum absolute atomic E-state index is 12.7. The van der Waals surface area contributed by atoms with Gasteiger partial charge in [-0.25, -0.2) is 0 Å². The molecule has 0 radical (unpaired) electrons. The Labute approximate surface area is 173 Å². The van der Waals surface area contributed by atoms with Gasteiger partial charge >= 0.3 is 0 Å². The first-order valence-corrected chi connectivity index (χ1v) is 10.1. The van der Waals surface area contributed by atoms with Gasteiger partial charge in [0.25, 0.3) is 0 Å². The molecular weight excluding hydrogens is 386 g/mol. The minimum Gasteiger partial charge on any atom is -0.326 e. The highest BCUT2D eigenvalue weighted by Gasteiger charge is 2.35. The molecule has 1 unspecified atom stereocenters. The molecule has 4 rings (SSSR count). The number of hydrogen-bond acceptors (Lipinski definition) is 5. The molecule has 1 aliphatic heterocycles. The predicted octanol–water partition coefficient (Wildman–Crippen LogP) is 3.27. The number of hydrogen-bond donors (Lipinski definition) is 1. The minimum atomic E-state index is -0.364. The smallest absolute Gasteiger partial charge is 0.229 e. The topological polar surface area (TPSA) is 80.1 Å². The van der Waals surface area contributed by atoms with Crippen molar-refractivity contribution in [2.75, 3.05) is 16.8 Å². The van der Waals surface area contributed by atoms with Gasteiger partial charge in [-0.1, -0.05) is 17.7 Å². The number of rotatable bonds is 5. The summed E-state index contributed by atoms with van der Waals surface area (Å²) in [7, 11) is 1.89. The summed E-state index contributed by atoms with van der Waals surface area (Å²) in [4.78, 5) is 27.7. The first kappa shape index (κ1) is 19.2. The van der Waals surface area contributed by atoms with Crippen molar-refractivity contribution in [1.82, 2.24) is 14.8 Å². The van der Waals surface area contributed by atoms with E-state index in [-0.39, 0.29) is 24.2 Å². The van der Waals surface area contributed by atoms with Crippen LogP contribution in [0.4, 0.5) is 11.4 Å². The molecule has 148 valence electrons. The van der Waals surface area contributed by atoms with E-state index in [1.807, 2.05) is 67.1 Å². The van der Waals surface area contributed by atoms with E-state index in [0.29, 0.717) is 12.2 Å². The molecule has 8 heteroatoms. The van der Waals surface area contributed by atoms with E-state index in [0.717, 1.165) is 21.3 Å². The SMILES string of the molecule is Cc1ccc(N2CC(C(=O)Nc3ccc(Sc4nncn4C)cc3)CC2=O)cc1. The number of carbonyl (C=O) groups excluding carboxylic acids is 2. The van der Waals surface area contributed by atoms with Crippen molar-refractivity contribution in [2.24, 2.45) is 13.0 Å². The summed E-state index contributed by atoms with van der Waals surface area (Å²) < 4.78 is 1.84. The summed E-state index contributed by atoms with van der Waals surface area (Å²) >= 11 is 1.50. The van der Waals surface area contributed by atoms with Crippen LogP contribution in [0.15, 0.2) is 64.9 Å². The van der Waals surface area contributed by atoms with E-state index in [1.54, 1.807) is 11.2 Å². The van der Waals surface area contributed by atoms with Crippen molar-refractivity contribution >= 4 is 35.0 Å². The molecule has 7 nitrogen and oxygen atoms in total. The lowest BCUT2D eigenvalue weighted by molar-refractivity contribution is -0.122. The maximum atomic E-state index is 12.7. The summed E-state index contributed by atoms with van der Waals surface area (Å²) in [6.07, 6.45) is 1.87. The molecule has 0 bridgehead atoms. The fourth-order valence-corrected chi connectivity index (χ4v) is 3.94. The zero-order valence-corrected chi connectivity index (χ0v) is 17.0. The molecule has 2 amide bonds. The molecule has 2 heterocycles. The lowest BCUT2D eigenvalue weighted by Crippen LogP contribution is -2.28. The summed E-state index contributed by atoms with van der Waals surface area (Å²) in [5.41, 5.74) is 2.68. The quantitative estimate of drug-likeness (QED) is 0.702. The Morgan fingerprint density at radius 3 is 2.52 bits per heavy atom. The number of benzene rings is 2. The first-order chi connectivity index (χ1) is 14.0. The van der Waals surface area contributed by atoms with Crippen LogP contribution in [0.5, 0.6) is 0 Å². The maximum Gasteiger partial charge on any atom is 0.229 e. The van der Waals surface area contributed by atoms with Gasteiger partial charge < -0.3 is 14.8 Å². The second-order valence-electron chi connectivity index (χ2n) is 7.08. The third-order valence-corrected chi connectivity index (χ3v) is 5.90. The van der Waals surface area contributed by atoms with E-state index >= 15 is 0 Å². The fraction of sp³-hybridized carbons (Fsp3) is 0.238. The average molecular weight is 407 g/mol. The molecule has 0 aliphatic carbocycles. The largest absolute Gasteiger partial charge is 0.326 e. The van der Waals surface area contributed by atoms with Crippen LogP contribution in [0.25, 0.3) is 0 Å². The highest BCUT2D eigenvalue weighted by atomic mass is 32.2. The van der Waals surface area contributed by atoms with Crippen molar-refractivity contribution in [2.45, 2.75) is 23.4 Å². The second kappa shape index (κ2) is 8.08. The molecular formula is C21H21N5O2S. The van der Waals surface area contributed by atoms with Crippen molar-refractivity contribution < 1.29 is 9.59 Å². The van der Waals surface area contributed by atoms with E-state index in [1.165, 1.54) is 11.8 Å². The number of nitrogens with one attached hydrogen (secondary N) is 1. The standard InChI is InChI=1S/C21H21N5O2S/c1-14-3-7-17(8-4-14)26-12-15(11-19(26)27)20(28)23-16-5-9-18(10-6-16)29-21-24-22-13-25(21)2/h3-10,13,15H,11-12H2,1-2H3,(H,23,28). The molecule has 1 aliphatic rings. The normalized spacial score (nSPS) is 16.3. The number of aryl methyl sites for hydroxylation is 2. The van der Waals surface area contributed by atoms with Crippen LogP contribution in [-0.4, -0.2) is 33.1 Å². The number of anilines is 2. The van der Waals surface area contributed by atoms with Gasteiger partial charge in [-0.05, 0) is 55.1 Å². The van der Waals surface area contributed by atoms with Crippen molar-refractivity contribution in [1.29, 1.82) is 0 Å². The highest BCUT2D eigenvalue weighted by Crippen LogP contribution is 2.28. The lowest BCUT2D eigenvalue weighted by Gasteiger charge is -2.17. The molecule has 1 atom stereocenters. The van der Waals surface area contributed by atoms with Gasteiger partial charge in [0.15, 0.2) is 5.16 Å². The van der Waals surface area contributed by atoms with Crippen LogP contribution >= 0.6 is 11.8 Å². The van der Waals surface area contributed by atoms with Crippen molar-refractivity contribution in [3.05, 3.63) is 60.4 Å². The monoisotopic (exact) mass is 407 g/mol. The number of aromatic nitrogens is 3. The third kappa shape index (κ3) is 4.32. The molecule has 3 aromatic rings. The second-order valence-corrected chi connectivity index (χ2v) is 8.12. The summed E-state index contributed by atoms with van der Waals surface area (Å²) in [5.74, 6) is -0.525. The van der Waals surface area contributed by atoms with E-state index in [2.05, 4.69) is 15.5 Å². The summed E-state index contributed by atoms with van der Waals surface area (Å²) in [6, 6.07) is 15.3. The van der Waals surface area contributed by atoms with E-state index < -0.39 is 0 Å². The van der Waals surface area contributed by atoms with Crippen LogP contribution in [-0.2, 0) is 16.6 Å². The molecule has 1 aromatic heterocycles. The molecule has 0 spiro atoms. The lowest BCUT2D eigenvalue weighted by atomic mass is 10.1. The van der Waals surface area contributed by atoms with Crippen LogP contribution in [0.1, 0.15) is 12.0 Å². The van der Waals surface area contributed by atoms with Gasteiger partial charge in [-0.3, -0.25) is 9.59 Å². The number of amides is 2. The van der Waals surface area contributed by atoms with Crippen LogP contribution < -0.4 is 10.2 Å². The average Bonchev–Trinajstić information content (AvgIpc) is 3.30. The van der Waals surface area contributed by atoms with Crippen molar-refractivity contribution in [3.63, 3.8) is 0 Å². The summed E-state index contributed by atoms with van der Waals surface area (Å²) in [6.45, 7) is 2.40. The van der Waals surface area contributed by atoms with Gasteiger partial charge in [0.2, 0.25) is 11.8 Å². The Morgan fingerprint density at radius 2 is 1.86 bits per heavy atom. The Hall–Kier alpha value is -3.13. The Balaban J connectivity index is 1.37. The molecule has 2 aromatic carbocycles. The zero-order chi connectivity index (χ0) is 20.4. The molecule has 29 heavy (non-hydrogen) atoms. The number of carbonyl (C=O) groups is 2. The Kier molecular flexibility index (Phi) is 5.35. The van der Waals surface area contributed by atoms with Crippen molar-refractivity contribution in [3.8, 4) is 0 Å². The Morgan fingerprint density at radius 1 is 1.14 bits per heavy atom. The van der Waals surface area contributed by atoms with Gasteiger partial charge in [0.05, 0.1) is 5.92 Å². The van der Waals surface area contributed by atoms with Gasteiger partial charge in [-0.15, -0.1) is 10.2 Å². The van der Waals surface area contributed by atoms with Crippen LogP contribution in [0.2, 0.25) is 0 Å². The fourth-order valence-electron chi connectivity index (χ4n) is 3.18. The van der Waals surface area contributed by atoms with Crippen LogP contribution in [0, 0.1) is 12.8 Å². The predicted molar refractivity (Wildman–Crippen MR) is 112 cm³/mol. The molecule has 1 N–H and O–H groups in total. The Bertz CT molecular complexity index is 1030. The highest BCUT2D eigenvalue weighted by molar-refractivity contribution is 7.99. The number of nitrogens with zero attached hydrogens (tertiary/aromatic N) is 4. The molecule has 0 saturated carbocycles. The molecule has 1 fully saturated rings. The zero-order valence-electron chi connectivity index (χ0n) is 16.2. The minimum absolute atomic E-state index is 0.0237.